The number of β-amino-alcohol motifs (C(OH)–C–C–N with tert-alkyl or cyclic N) is 1. The molecule has 3 heterocycles. The number of nitrogens with zero attached hydrogens (tertiary/aromatic N) is 4. The summed E-state index contributed by atoms with van der Waals surface area (Å²) in [4.78, 5) is 8.32. The van der Waals surface area contributed by atoms with E-state index in [0.29, 0.717) is 24.7 Å². The summed E-state index contributed by atoms with van der Waals surface area (Å²) in [5, 5.41) is 16.5. The van der Waals surface area contributed by atoms with E-state index in [4.69, 9.17) is 4.52 Å². The zero-order valence-corrected chi connectivity index (χ0v) is 9.37. The number of nitrogens with one attached hydrogen (secondary N) is 1. The van der Waals surface area contributed by atoms with Crippen LogP contribution in [-0.4, -0.2) is 37.4 Å². The second-order valence-electron chi connectivity index (χ2n) is 4.20. The van der Waals surface area contributed by atoms with Crippen molar-refractivity contribution in [2.45, 2.75) is 18.6 Å². The van der Waals surface area contributed by atoms with Crippen LogP contribution in [-0.2, 0) is 7.05 Å². The maximum atomic E-state index is 9.43. The number of aliphatic hydroxyl groups is 1. The van der Waals surface area contributed by atoms with Crippen LogP contribution < -0.4 is 5.32 Å². The molecule has 7 heteroatoms. The molecule has 1 saturated heterocycles. The van der Waals surface area contributed by atoms with E-state index in [9.17, 15) is 5.11 Å². The molecule has 90 valence electrons. The van der Waals surface area contributed by atoms with Gasteiger partial charge in [-0.1, -0.05) is 5.16 Å². The quantitative estimate of drug-likeness (QED) is 0.753. The van der Waals surface area contributed by atoms with E-state index in [0.717, 1.165) is 5.69 Å². The van der Waals surface area contributed by atoms with Crippen LogP contribution in [0.4, 0.5) is 0 Å². The fourth-order valence-electron chi connectivity index (χ4n) is 1.96. The second-order valence-corrected chi connectivity index (χ2v) is 4.20. The van der Waals surface area contributed by atoms with Crippen molar-refractivity contribution in [3.8, 4) is 11.5 Å². The number of aryl methyl sites for hydroxylation is 1. The average Bonchev–Trinajstić information content (AvgIpc) is 2.97. The Morgan fingerprint density at radius 3 is 3.12 bits per heavy atom. The summed E-state index contributed by atoms with van der Waals surface area (Å²) in [6.07, 6.45) is 3.63. The highest BCUT2D eigenvalue weighted by molar-refractivity contribution is 5.47. The van der Waals surface area contributed by atoms with Gasteiger partial charge in [-0.2, -0.15) is 4.98 Å². The van der Waals surface area contributed by atoms with Gasteiger partial charge in [0.25, 0.3) is 0 Å². The number of hydrogen-bond acceptors (Lipinski definition) is 6. The number of imidazole rings is 1. The van der Waals surface area contributed by atoms with Crippen molar-refractivity contribution in [1.29, 1.82) is 0 Å². The number of aromatic nitrogens is 4. The number of rotatable bonds is 2. The minimum absolute atomic E-state index is 0.0560. The van der Waals surface area contributed by atoms with Crippen LogP contribution in [0.25, 0.3) is 11.5 Å². The van der Waals surface area contributed by atoms with Crippen LogP contribution in [0.5, 0.6) is 0 Å². The fourth-order valence-corrected chi connectivity index (χ4v) is 1.96. The van der Waals surface area contributed by atoms with Crippen molar-refractivity contribution in [2.75, 3.05) is 6.54 Å². The molecule has 0 bridgehead atoms. The summed E-state index contributed by atoms with van der Waals surface area (Å²) in [6.45, 7) is 0.564. The van der Waals surface area contributed by atoms with Gasteiger partial charge in [-0.05, 0) is 6.42 Å². The fraction of sp³-hybridized carbons (Fsp3) is 0.500. The predicted octanol–water partition coefficient (Wildman–Crippen LogP) is -0.135. The Morgan fingerprint density at radius 2 is 2.47 bits per heavy atom. The molecule has 2 N–H and O–H groups in total. The molecule has 2 aromatic heterocycles. The van der Waals surface area contributed by atoms with Gasteiger partial charge in [0.05, 0.1) is 24.7 Å². The van der Waals surface area contributed by atoms with Crippen molar-refractivity contribution in [3.05, 3.63) is 18.4 Å². The molecule has 2 unspecified atom stereocenters. The third-order valence-electron chi connectivity index (χ3n) is 2.89. The minimum atomic E-state index is -0.341. The maximum Gasteiger partial charge on any atom is 0.244 e. The molecule has 0 radical (unpaired) electrons. The molecule has 1 aliphatic rings. The van der Waals surface area contributed by atoms with Crippen LogP contribution in [0.1, 0.15) is 18.4 Å². The Morgan fingerprint density at radius 1 is 1.59 bits per heavy atom. The molecule has 1 fully saturated rings. The molecule has 0 saturated carbocycles. The minimum Gasteiger partial charge on any atom is -0.392 e. The summed E-state index contributed by atoms with van der Waals surface area (Å²) in [6, 6.07) is -0.0560. The van der Waals surface area contributed by atoms with Gasteiger partial charge in [-0.25, -0.2) is 4.98 Å². The average molecular weight is 235 g/mol. The van der Waals surface area contributed by atoms with Gasteiger partial charge in [0.15, 0.2) is 0 Å². The first-order valence-corrected chi connectivity index (χ1v) is 5.46. The third kappa shape index (κ3) is 1.83. The standard InChI is InChI=1S/C10H13N5O2/c1-15-5-11-4-8(15)9-13-10(17-14-9)7-2-6(16)3-12-7/h4-7,12,16H,2-3H2,1H3. The molecule has 0 aliphatic carbocycles. The summed E-state index contributed by atoms with van der Waals surface area (Å²) < 4.78 is 7.02. The molecule has 0 amide bonds. The molecule has 3 rings (SSSR count). The van der Waals surface area contributed by atoms with Crippen molar-refractivity contribution >= 4 is 0 Å². The van der Waals surface area contributed by atoms with Gasteiger partial charge in [0.2, 0.25) is 11.7 Å². The lowest BCUT2D eigenvalue weighted by Crippen LogP contribution is -2.15. The summed E-state index contributed by atoms with van der Waals surface area (Å²) >= 11 is 0. The maximum absolute atomic E-state index is 9.43. The summed E-state index contributed by atoms with van der Waals surface area (Å²) in [7, 11) is 1.87. The molecule has 0 spiro atoms. The van der Waals surface area contributed by atoms with Crippen molar-refractivity contribution in [2.24, 2.45) is 7.05 Å². The van der Waals surface area contributed by atoms with E-state index in [-0.39, 0.29) is 12.1 Å². The third-order valence-corrected chi connectivity index (χ3v) is 2.89. The molecule has 7 nitrogen and oxygen atoms in total. The second kappa shape index (κ2) is 3.94. The van der Waals surface area contributed by atoms with Crippen molar-refractivity contribution in [3.63, 3.8) is 0 Å². The highest BCUT2D eigenvalue weighted by atomic mass is 16.5. The van der Waals surface area contributed by atoms with Gasteiger partial charge in [0, 0.05) is 13.6 Å². The van der Waals surface area contributed by atoms with E-state index < -0.39 is 0 Å². The molecular weight excluding hydrogens is 222 g/mol. The van der Waals surface area contributed by atoms with Gasteiger partial charge >= 0.3 is 0 Å². The Bertz CT molecular complexity index is 520. The van der Waals surface area contributed by atoms with Crippen LogP contribution >= 0.6 is 0 Å². The van der Waals surface area contributed by atoms with E-state index in [2.05, 4.69) is 20.4 Å². The van der Waals surface area contributed by atoms with Crippen LogP contribution in [0.3, 0.4) is 0 Å². The van der Waals surface area contributed by atoms with Crippen LogP contribution in [0.2, 0.25) is 0 Å². The zero-order valence-electron chi connectivity index (χ0n) is 9.37. The molecule has 0 aromatic carbocycles. The van der Waals surface area contributed by atoms with E-state index in [1.807, 2.05) is 11.6 Å². The van der Waals surface area contributed by atoms with Crippen LogP contribution in [0, 0.1) is 0 Å². The van der Waals surface area contributed by atoms with Crippen molar-refractivity contribution in [1.82, 2.24) is 25.0 Å². The predicted molar refractivity (Wildman–Crippen MR) is 57.9 cm³/mol. The highest BCUT2D eigenvalue weighted by Gasteiger charge is 2.28. The Balaban J connectivity index is 1.86. The first-order chi connectivity index (χ1) is 8.24. The molecule has 2 aromatic rings. The molecule has 1 aliphatic heterocycles. The van der Waals surface area contributed by atoms with Crippen molar-refractivity contribution < 1.29 is 9.63 Å². The lowest BCUT2D eigenvalue weighted by molar-refractivity contribution is 0.191. The lowest BCUT2D eigenvalue weighted by atomic mass is 10.2. The van der Waals surface area contributed by atoms with E-state index in [1.54, 1.807) is 12.5 Å². The Labute approximate surface area is 97.5 Å². The monoisotopic (exact) mass is 235 g/mol. The first-order valence-electron chi connectivity index (χ1n) is 5.46. The van der Waals surface area contributed by atoms with E-state index in [1.165, 1.54) is 0 Å². The molecular formula is C10H13N5O2. The Hall–Kier alpha value is -1.73. The largest absolute Gasteiger partial charge is 0.392 e. The highest BCUT2D eigenvalue weighted by Crippen LogP contribution is 2.24. The zero-order chi connectivity index (χ0) is 11.8. The molecule has 17 heavy (non-hydrogen) atoms. The van der Waals surface area contributed by atoms with E-state index >= 15 is 0 Å². The normalized spacial score (nSPS) is 24.4. The molecule has 2 atom stereocenters. The SMILES string of the molecule is Cn1cncc1-c1noc(C2CC(O)CN2)n1. The summed E-state index contributed by atoms with van der Waals surface area (Å²) in [5.74, 6) is 1.03. The lowest BCUT2D eigenvalue weighted by Gasteiger charge is -2.01. The first kappa shape index (κ1) is 10.4. The topological polar surface area (TPSA) is 89.0 Å². The Kier molecular flexibility index (Phi) is 2.41. The number of aliphatic hydroxyl groups excluding tert-OH is 1. The van der Waals surface area contributed by atoms with Gasteiger partial charge in [0.1, 0.15) is 5.69 Å². The van der Waals surface area contributed by atoms with Crippen LogP contribution in [0.15, 0.2) is 17.0 Å². The summed E-state index contributed by atoms with van der Waals surface area (Å²) in [5.41, 5.74) is 0.804. The number of hydrogen-bond donors (Lipinski definition) is 2. The van der Waals surface area contributed by atoms with Gasteiger partial charge in [-0.15, -0.1) is 0 Å². The smallest absolute Gasteiger partial charge is 0.244 e. The van der Waals surface area contributed by atoms with Gasteiger partial charge < -0.3 is 19.5 Å². The van der Waals surface area contributed by atoms with Gasteiger partial charge in [-0.3, -0.25) is 0 Å².